The zero-order valence-corrected chi connectivity index (χ0v) is 16.7. The summed E-state index contributed by atoms with van der Waals surface area (Å²) in [4.78, 5) is 26.5. The SMILES string of the molecule is C[C@H](OC(=O)c1ccc(S(=O)(=O)NCCC#N)cc1)C(=O)N1CCCCCC1. The third-order valence-corrected chi connectivity index (χ3v) is 5.96. The van der Waals surface area contributed by atoms with Gasteiger partial charge in [-0.1, -0.05) is 12.8 Å². The number of nitriles is 1. The van der Waals surface area contributed by atoms with Crippen LogP contribution in [0, 0.1) is 11.3 Å². The summed E-state index contributed by atoms with van der Waals surface area (Å²) in [7, 11) is -3.74. The maximum Gasteiger partial charge on any atom is 0.338 e. The number of likely N-dealkylation sites (tertiary alicyclic amines) is 1. The van der Waals surface area contributed by atoms with Gasteiger partial charge in [0.1, 0.15) is 0 Å². The maximum absolute atomic E-state index is 12.5. The maximum atomic E-state index is 12.5. The predicted octanol–water partition coefficient (Wildman–Crippen LogP) is 1.83. The summed E-state index contributed by atoms with van der Waals surface area (Å²) < 4.78 is 31.7. The molecule has 1 heterocycles. The first-order chi connectivity index (χ1) is 13.3. The molecule has 1 aliphatic rings. The van der Waals surface area contributed by atoms with Crippen molar-refractivity contribution in [3.8, 4) is 6.07 Å². The molecular weight excluding hydrogens is 382 g/mol. The summed E-state index contributed by atoms with van der Waals surface area (Å²) in [5.74, 6) is -0.895. The Bertz CT molecular complexity index is 822. The van der Waals surface area contributed by atoms with E-state index < -0.39 is 22.1 Å². The van der Waals surface area contributed by atoms with Gasteiger partial charge in [-0.3, -0.25) is 4.79 Å². The van der Waals surface area contributed by atoms with E-state index in [4.69, 9.17) is 10.00 Å². The molecule has 1 aromatic carbocycles. The van der Waals surface area contributed by atoms with Crippen LogP contribution in [0.3, 0.4) is 0 Å². The molecule has 1 N–H and O–H groups in total. The molecule has 0 spiro atoms. The first kappa shape index (κ1) is 21.9. The quantitative estimate of drug-likeness (QED) is 0.544. The van der Waals surface area contributed by atoms with Crippen molar-refractivity contribution >= 4 is 21.9 Å². The second-order valence-corrected chi connectivity index (χ2v) is 8.38. The Balaban J connectivity index is 1.96. The van der Waals surface area contributed by atoms with Crippen molar-refractivity contribution in [2.24, 2.45) is 0 Å². The molecule has 1 fully saturated rings. The Hall–Kier alpha value is -2.44. The molecule has 0 aromatic heterocycles. The van der Waals surface area contributed by atoms with Crippen LogP contribution in [0.4, 0.5) is 0 Å². The van der Waals surface area contributed by atoms with Crippen molar-refractivity contribution < 1.29 is 22.7 Å². The number of carbonyl (C=O) groups excluding carboxylic acids is 2. The van der Waals surface area contributed by atoms with Crippen molar-refractivity contribution in [2.45, 2.75) is 50.0 Å². The van der Waals surface area contributed by atoms with Gasteiger partial charge in [-0.15, -0.1) is 0 Å². The van der Waals surface area contributed by atoms with E-state index >= 15 is 0 Å². The van der Waals surface area contributed by atoms with Gasteiger partial charge in [0, 0.05) is 26.1 Å². The van der Waals surface area contributed by atoms with Gasteiger partial charge in [0.2, 0.25) is 10.0 Å². The number of carbonyl (C=O) groups is 2. The number of benzene rings is 1. The van der Waals surface area contributed by atoms with Gasteiger partial charge in [-0.2, -0.15) is 5.26 Å². The fourth-order valence-corrected chi connectivity index (χ4v) is 3.95. The molecule has 9 heteroatoms. The number of hydrogen-bond acceptors (Lipinski definition) is 6. The van der Waals surface area contributed by atoms with Crippen molar-refractivity contribution in [1.29, 1.82) is 5.26 Å². The van der Waals surface area contributed by atoms with E-state index in [0.717, 1.165) is 25.7 Å². The van der Waals surface area contributed by atoms with Crippen LogP contribution in [-0.4, -0.2) is 50.9 Å². The van der Waals surface area contributed by atoms with Gasteiger partial charge in [0.05, 0.1) is 16.5 Å². The van der Waals surface area contributed by atoms with Gasteiger partial charge in [-0.25, -0.2) is 17.9 Å². The van der Waals surface area contributed by atoms with Gasteiger partial charge >= 0.3 is 5.97 Å². The van der Waals surface area contributed by atoms with Gasteiger partial charge in [0.15, 0.2) is 6.10 Å². The lowest BCUT2D eigenvalue weighted by Crippen LogP contribution is -2.40. The standard InChI is InChI=1S/C19H25N3O5S/c1-15(18(23)22-13-4-2-3-5-14-22)27-19(24)16-7-9-17(10-8-16)28(25,26)21-12-6-11-20/h7-10,15,21H,2-6,12-14H2,1H3/t15-/m0/s1. The van der Waals surface area contributed by atoms with Crippen molar-refractivity contribution in [2.75, 3.05) is 19.6 Å². The summed E-state index contributed by atoms with van der Waals surface area (Å²) in [6.45, 7) is 2.90. The molecule has 1 aromatic rings. The third-order valence-electron chi connectivity index (χ3n) is 4.48. The number of nitrogens with one attached hydrogen (secondary N) is 1. The molecule has 0 unspecified atom stereocenters. The smallest absolute Gasteiger partial charge is 0.338 e. The van der Waals surface area contributed by atoms with Crippen LogP contribution in [0.15, 0.2) is 29.2 Å². The largest absolute Gasteiger partial charge is 0.449 e. The van der Waals surface area contributed by atoms with E-state index in [-0.39, 0.29) is 29.3 Å². The minimum absolute atomic E-state index is 0.0127. The summed E-state index contributed by atoms with van der Waals surface area (Å²) in [6.07, 6.45) is 3.25. The molecule has 28 heavy (non-hydrogen) atoms. The zero-order valence-electron chi connectivity index (χ0n) is 15.9. The Morgan fingerprint density at radius 1 is 1.18 bits per heavy atom. The van der Waals surface area contributed by atoms with E-state index in [1.165, 1.54) is 24.3 Å². The van der Waals surface area contributed by atoms with Gasteiger partial charge in [0.25, 0.3) is 5.91 Å². The molecule has 1 atom stereocenters. The molecule has 1 saturated heterocycles. The monoisotopic (exact) mass is 407 g/mol. The predicted molar refractivity (Wildman–Crippen MR) is 102 cm³/mol. The Morgan fingerprint density at radius 2 is 1.79 bits per heavy atom. The molecule has 0 radical (unpaired) electrons. The first-order valence-electron chi connectivity index (χ1n) is 9.31. The summed E-state index contributed by atoms with van der Waals surface area (Å²) in [5.41, 5.74) is 0.159. The molecule has 152 valence electrons. The molecular formula is C19H25N3O5S. The zero-order chi connectivity index (χ0) is 20.6. The Morgan fingerprint density at radius 3 is 2.36 bits per heavy atom. The molecule has 0 saturated carbocycles. The van der Waals surface area contributed by atoms with Crippen LogP contribution in [-0.2, 0) is 19.6 Å². The van der Waals surface area contributed by atoms with Crippen LogP contribution in [0.1, 0.15) is 49.4 Å². The van der Waals surface area contributed by atoms with Crippen LogP contribution < -0.4 is 4.72 Å². The number of amides is 1. The van der Waals surface area contributed by atoms with Gasteiger partial charge in [-0.05, 0) is 44.0 Å². The molecule has 2 rings (SSSR count). The average molecular weight is 407 g/mol. The highest BCUT2D eigenvalue weighted by Crippen LogP contribution is 2.14. The number of hydrogen-bond donors (Lipinski definition) is 1. The minimum atomic E-state index is -3.74. The van der Waals surface area contributed by atoms with E-state index in [9.17, 15) is 18.0 Å². The van der Waals surface area contributed by atoms with Crippen molar-refractivity contribution in [1.82, 2.24) is 9.62 Å². The van der Waals surface area contributed by atoms with Gasteiger partial charge < -0.3 is 9.64 Å². The number of nitrogens with zero attached hydrogens (tertiary/aromatic N) is 2. The third kappa shape index (κ3) is 6.04. The van der Waals surface area contributed by atoms with Crippen LogP contribution >= 0.6 is 0 Å². The van der Waals surface area contributed by atoms with Crippen LogP contribution in [0.5, 0.6) is 0 Å². The molecule has 1 aliphatic heterocycles. The lowest BCUT2D eigenvalue weighted by Gasteiger charge is -2.24. The van der Waals surface area contributed by atoms with E-state index in [1.807, 2.05) is 6.07 Å². The highest BCUT2D eigenvalue weighted by molar-refractivity contribution is 7.89. The fourth-order valence-electron chi connectivity index (χ4n) is 2.92. The summed E-state index contributed by atoms with van der Waals surface area (Å²) >= 11 is 0. The highest BCUT2D eigenvalue weighted by atomic mass is 32.2. The second-order valence-electron chi connectivity index (χ2n) is 6.62. The molecule has 0 aliphatic carbocycles. The second kappa shape index (κ2) is 10.2. The highest BCUT2D eigenvalue weighted by Gasteiger charge is 2.25. The van der Waals surface area contributed by atoms with E-state index in [2.05, 4.69) is 4.72 Å². The molecule has 0 bridgehead atoms. The summed E-state index contributed by atoms with van der Waals surface area (Å²) in [5, 5.41) is 8.48. The van der Waals surface area contributed by atoms with E-state index in [1.54, 1.807) is 11.8 Å². The van der Waals surface area contributed by atoms with Crippen molar-refractivity contribution in [3.05, 3.63) is 29.8 Å². The number of sulfonamides is 1. The topological polar surface area (TPSA) is 117 Å². The fraction of sp³-hybridized carbons (Fsp3) is 0.526. The average Bonchev–Trinajstić information content (AvgIpc) is 2.97. The minimum Gasteiger partial charge on any atom is -0.449 e. The Labute approximate surface area is 165 Å². The lowest BCUT2D eigenvalue weighted by atomic mass is 10.2. The first-order valence-corrected chi connectivity index (χ1v) is 10.8. The number of ether oxygens (including phenoxy) is 1. The number of esters is 1. The van der Waals surface area contributed by atoms with Crippen molar-refractivity contribution in [3.63, 3.8) is 0 Å². The Kier molecular flexibility index (Phi) is 7.96. The normalized spacial score (nSPS) is 15.9. The van der Waals surface area contributed by atoms with Crippen LogP contribution in [0.25, 0.3) is 0 Å². The lowest BCUT2D eigenvalue weighted by molar-refractivity contribution is -0.139. The molecule has 8 nitrogen and oxygen atoms in total. The van der Waals surface area contributed by atoms with Crippen LogP contribution in [0.2, 0.25) is 0 Å². The molecule has 1 amide bonds. The van der Waals surface area contributed by atoms with E-state index in [0.29, 0.717) is 13.1 Å². The number of rotatable bonds is 7. The summed E-state index contributed by atoms with van der Waals surface area (Å²) in [6, 6.07) is 7.09.